The van der Waals surface area contributed by atoms with Crippen molar-refractivity contribution < 1.29 is 9.53 Å². The van der Waals surface area contributed by atoms with Crippen molar-refractivity contribution in [2.24, 2.45) is 7.05 Å². The Bertz CT molecular complexity index is 478. The number of amides is 1. The molecule has 2 N–H and O–H groups in total. The average Bonchev–Trinajstić information content (AvgIpc) is 2.93. The number of nitrogens with zero attached hydrogens (tertiary/aromatic N) is 2. The standard InChI is InChI=1S/C15H26N4O2/c1-15(2,3)21-14(20)18-13-7-5-6-12(13)16-10-11-8-9-17-19(11)4/h8-9,12-13,16H,5-7,10H2,1-4H3,(H,18,20)/t12-,13-/m0/s1. The number of alkyl carbamates (subject to hydrolysis) is 1. The van der Waals surface area contributed by atoms with Gasteiger partial charge in [-0.15, -0.1) is 0 Å². The van der Waals surface area contributed by atoms with E-state index in [0.29, 0.717) is 0 Å². The van der Waals surface area contributed by atoms with Crippen LogP contribution in [0.5, 0.6) is 0 Å². The second kappa shape index (κ2) is 6.47. The van der Waals surface area contributed by atoms with Gasteiger partial charge in [-0.3, -0.25) is 4.68 Å². The Morgan fingerprint density at radius 3 is 2.76 bits per heavy atom. The number of aromatic nitrogens is 2. The number of rotatable bonds is 4. The molecule has 0 aliphatic heterocycles. The fourth-order valence-corrected chi connectivity index (χ4v) is 2.65. The third kappa shape index (κ3) is 4.74. The lowest BCUT2D eigenvalue weighted by molar-refractivity contribution is 0.0498. The Labute approximate surface area is 126 Å². The molecule has 0 spiro atoms. The van der Waals surface area contributed by atoms with Crippen LogP contribution >= 0.6 is 0 Å². The van der Waals surface area contributed by atoms with E-state index in [0.717, 1.165) is 31.5 Å². The predicted molar refractivity (Wildman–Crippen MR) is 80.8 cm³/mol. The number of carbonyl (C=O) groups excluding carboxylic acids is 1. The van der Waals surface area contributed by atoms with Crippen LogP contribution in [0.1, 0.15) is 45.7 Å². The molecule has 118 valence electrons. The summed E-state index contributed by atoms with van der Waals surface area (Å²) < 4.78 is 7.18. The first-order valence-corrected chi connectivity index (χ1v) is 7.55. The van der Waals surface area contributed by atoms with Crippen molar-refractivity contribution in [3.05, 3.63) is 18.0 Å². The van der Waals surface area contributed by atoms with Gasteiger partial charge in [-0.05, 0) is 46.1 Å². The van der Waals surface area contributed by atoms with E-state index in [1.165, 1.54) is 0 Å². The van der Waals surface area contributed by atoms with Crippen molar-refractivity contribution in [2.75, 3.05) is 0 Å². The minimum atomic E-state index is -0.458. The van der Waals surface area contributed by atoms with Gasteiger partial charge < -0.3 is 15.4 Å². The molecule has 1 aromatic heterocycles. The molecule has 6 heteroatoms. The van der Waals surface area contributed by atoms with E-state index in [2.05, 4.69) is 15.7 Å². The maximum atomic E-state index is 11.9. The Balaban J connectivity index is 1.83. The van der Waals surface area contributed by atoms with E-state index in [4.69, 9.17) is 4.74 Å². The normalized spacial score (nSPS) is 22.3. The molecule has 1 saturated carbocycles. The summed E-state index contributed by atoms with van der Waals surface area (Å²) in [7, 11) is 1.93. The summed E-state index contributed by atoms with van der Waals surface area (Å²) >= 11 is 0. The van der Waals surface area contributed by atoms with Gasteiger partial charge in [-0.25, -0.2) is 4.79 Å². The second-order valence-corrected chi connectivity index (χ2v) is 6.62. The molecule has 6 nitrogen and oxygen atoms in total. The van der Waals surface area contributed by atoms with Gasteiger partial charge in [-0.1, -0.05) is 0 Å². The van der Waals surface area contributed by atoms with Crippen molar-refractivity contribution >= 4 is 6.09 Å². The Morgan fingerprint density at radius 2 is 2.14 bits per heavy atom. The highest BCUT2D eigenvalue weighted by Gasteiger charge is 2.29. The first-order valence-electron chi connectivity index (χ1n) is 7.55. The molecular formula is C15H26N4O2. The predicted octanol–water partition coefficient (Wildman–Crippen LogP) is 1.96. The minimum Gasteiger partial charge on any atom is -0.444 e. The monoisotopic (exact) mass is 294 g/mol. The lowest BCUT2D eigenvalue weighted by Crippen LogP contribution is -2.47. The van der Waals surface area contributed by atoms with Gasteiger partial charge in [-0.2, -0.15) is 5.10 Å². The summed E-state index contributed by atoms with van der Waals surface area (Å²) in [5, 5.41) is 10.7. The van der Waals surface area contributed by atoms with Gasteiger partial charge >= 0.3 is 6.09 Å². The molecule has 2 rings (SSSR count). The van der Waals surface area contributed by atoms with Crippen LogP contribution in [0.2, 0.25) is 0 Å². The number of hydrogen-bond acceptors (Lipinski definition) is 4. The maximum Gasteiger partial charge on any atom is 0.407 e. The highest BCUT2D eigenvalue weighted by molar-refractivity contribution is 5.68. The van der Waals surface area contributed by atoms with Crippen LogP contribution in [0.25, 0.3) is 0 Å². The smallest absolute Gasteiger partial charge is 0.407 e. The van der Waals surface area contributed by atoms with Crippen molar-refractivity contribution in [2.45, 2.75) is 64.3 Å². The van der Waals surface area contributed by atoms with Crippen LogP contribution in [-0.4, -0.2) is 33.6 Å². The molecule has 0 radical (unpaired) electrons. The fourth-order valence-electron chi connectivity index (χ4n) is 2.65. The molecule has 21 heavy (non-hydrogen) atoms. The van der Waals surface area contributed by atoms with E-state index in [1.54, 1.807) is 6.20 Å². The van der Waals surface area contributed by atoms with E-state index < -0.39 is 5.60 Å². The highest BCUT2D eigenvalue weighted by Crippen LogP contribution is 2.20. The molecule has 2 atom stereocenters. The molecule has 1 aliphatic carbocycles. The first-order chi connectivity index (χ1) is 9.85. The van der Waals surface area contributed by atoms with Crippen molar-refractivity contribution in [3.8, 4) is 0 Å². The largest absolute Gasteiger partial charge is 0.444 e. The summed E-state index contributed by atoms with van der Waals surface area (Å²) in [6, 6.07) is 2.42. The summed E-state index contributed by atoms with van der Waals surface area (Å²) in [5.74, 6) is 0. The van der Waals surface area contributed by atoms with Crippen LogP contribution in [-0.2, 0) is 18.3 Å². The number of carbonyl (C=O) groups is 1. The van der Waals surface area contributed by atoms with Crippen LogP contribution < -0.4 is 10.6 Å². The molecule has 0 bridgehead atoms. The molecule has 1 amide bonds. The third-order valence-electron chi connectivity index (χ3n) is 3.69. The maximum absolute atomic E-state index is 11.9. The second-order valence-electron chi connectivity index (χ2n) is 6.62. The minimum absolute atomic E-state index is 0.132. The van der Waals surface area contributed by atoms with Crippen LogP contribution in [0.4, 0.5) is 4.79 Å². The zero-order chi connectivity index (χ0) is 15.5. The van der Waals surface area contributed by atoms with Crippen LogP contribution in [0.3, 0.4) is 0 Å². The molecular weight excluding hydrogens is 268 g/mol. The van der Waals surface area contributed by atoms with Gasteiger partial charge in [0, 0.05) is 31.9 Å². The molecule has 0 saturated heterocycles. The quantitative estimate of drug-likeness (QED) is 0.890. The van der Waals surface area contributed by atoms with Crippen LogP contribution in [0.15, 0.2) is 12.3 Å². The summed E-state index contributed by atoms with van der Waals surface area (Å²) in [6.45, 7) is 6.38. The summed E-state index contributed by atoms with van der Waals surface area (Å²) in [4.78, 5) is 11.9. The molecule has 1 aliphatic rings. The zero-order valence-electron chi connectivity index (χ0n) is 13.3. The summed E-state index contributed by atoms with van der Waals surface area (Å²) in [5.41, 5.74) is 0.679. The SMILES string of the molecule is Cn1nccc1CN[C@H]1CCC[C@@H]1NC(=O)OC(C)(C)C. The fraction of sp³-hybridized carbons (Fsp3) is 0.733. The topological polar surface area (TPSA) is 68.2 Å². The molecule has 0 unspecified atom stereocenters. The lowest BCUT2D eigenvalue weighted by atomic mass is 10.1. The Kier molecular flexibility index (Phi) is 4.88. The van der Waals surface area contributed by atoms with Gasteiger partial charge in [0.05, 0.1) is 5.69 Å². The average molecular weight is 294 g/mol. The summed E-state index contributed by atoms with van der Waals surface area (Å²) in [6.07, 6.45) is 4.63. The van der Waals surface area contributed by atoms with E-state index in [9.17, 15) is 4.79 Å². The zero-order valence-corrected chi connectivity index (χ0v) is 13.3. The van der Waals surface area contributed by atoms with E-state index in [1.807, 2.05) is 38.6 Å². The number of hydrogen-bond donors (Lipinski definition) is 2. The van der Waals surface area contributed by atoms with E-state index >= 15 is 0 Å². The molecule has 1 fully saturated rings. The Hall–Kier alpha value is -1.56. The van der Waals surface area contributed by atoms with Crippen molar-refractivity contribution in [1.29, 1.82) is 0 Å². The van der Waals surface area contributed by atoms with Crippen molar-refractivity contribution in [3.63, 3.8) is 0 Å². The number of nitrogens with one attached hydrogen (secondary N) is 2. The first kappa shape index (κ1) is 15.8. The molecule has 1 heterocycles. The van der Waals surface area contributed by atoms with Gasteiger partial charge in [0.15, 0.2) is 0 Å². The Morgan fingerprint density at radius 1 is 1.43 bits per heavy atom. The van der Waals surface area contributed by atoms with E-state index in [-0.39, 0.29) is 18.2 Å². The molecule has 0 aromatic carbocycles. The highest BCUT2D eigenvalue weighted by atomic mass is 16.6. The van der Waals surface area contributed by atoms with Gasteiger partial charge in [0.1, 0.15) is 5.60 Å². The third-order valence-corrected chi connectivity index (χ3v) is 3.69. The van der Waals surface area contributed by atoms with Gasteiger partial charge in [0.2, 0.25) is 0 Å². The van der Waals surface area contributed by atoms with Crippen LogP contribution in [0, 0.1) is 0 Å². The number of ether oxygens (including phenoxy) is 1. The number of aryl methyl sites for hydroxylation is 1. The van der Waals surface area contributed by atoms with Gasteiger partial charge in [0.25, 0.3) is 0 Å². The lowest BCUT2D eigenvalue weighted by Gasteiger charge is -2.25. The van der Waals surface area contributed by atoms with Crippen molar-refractivity contribution in [1.82, 2.24) is 20.4 Å². The molecule has 1 aromatic rings.